The molecule has 13 heavy (non-hydrogen) atoms. The first kappa shape index (κ1) is 9.76. The van der Waals surface area contributed by atoms with Crippen molar-refractivity contribution >= 4 is 0 Å². The van der Waals surface area contributed by atoms with E-state index in [1.54, 1.807) is 13.1 Å². The molecule has 68 valence electrons. The normalized spacial score (nSPS) is 11.6. The molecule has 0 saturated carbocycles. The quantitative estimate of drug-likeness (QED) is 0.656. The van der Waals surface area contributed by atoms with Crippen LogP contribution in [0.5, 0.6) is 0 Å². The Morgan fingerprint density at radius 1 is 1.54 bits per heavy atom. The minimum atomic E-state index is -0.356. The number of rotatable bonds is 1. The van der Waals surface area contributed by atoms with Crippen LogP contribution in [0.3, 0.4) is 0 Å². The highest BCUT2D eigenvalue weighted by molar-refractivity contribution is 5.32. The molecule has 1 heterocycles. The average molecular weight is 175 g/mol. The Bertz CT molecular complexity index is 316. The summed E-state index contributed by atoms with van der Waals surface area (Å²) in [5.74, 6) is 5.81. The van der Waals surface area contributed by atoms with E-state index >= 15 is 0 Å². The highest BCUT2D eigenvalue weighted by Crippen LogP contribution is 1.97. The van der Waals surface area contributed by atoms with Gasteiger partial charge in [0.05, 0.1) is 6.10 Å². The first-order valence-electron chi connectivity index (χ1n) is 4.28. The van der Waals surface area contributed by atoms with Crippen LogP contribution in [0.2, 0.25) is 0 Å². The first-order valence-corrected chi connectivity index (χ1v) is 4.28. The van der Waals surface area contributed by atoms with Gasteiger partial charge in [0.15, 0.2) is 0 Å². The molecule has 1 aromatic heterocycles. The molecule has 0 aliphatic carbocycles. The fraction of sp³-hybridized carbons (Fsp3) is 0.364. The van der Waals surface area contributed by atoms with Crippen molar-refractivity contribution in [3.63, 3.8) is 0 Å². The van der Waals surface area contributed by atoms with Gasteiger partial charge >= 0.3 is 0 Å². The zero-order valence-electron chi connectivity index (χ0n) is 7.91. The smallest absolute Gasteiger partial charge is 0.0621 e. The molecule has 1 unspecified atom stereocenters. The van der Waals surface area contributed by atoms with E-state index in [0.29, 0.717) is 6.42 Å². The maximum absolute atomic E-state index is 8.96. The number of aliphatic hydroxyl groups is 1. The third kappa shape index (κ3) is 3.73. The Labute approximate surface area is 78.6 Å². The molecule has 0 fully saturated rings. The molecule has 0 aliphatic heterocycles. The van der Waals surface area contributed by atoms with E-state index in [1.165, 1.54) is 0 Å². The predicted octanol–water partition coefficient (Wildman–Crippen LogP) is 1.51. The van der Waals surface area contributed by atoms with Gasteiger partial charge in [0, 0.05) is 23.9 Å². The number of aryl methyl sites for hydroxylation is 1. The maximum atomic E-state index is 8.96. The second kappa shape index (κ2) is 4.64. The van der Waals surface area contributed by atoms with Gasteiger partial charge in [-0.2, -0.15) is 0 Å². The maximum Gasteiger partial charge on any atom is 0.0621 e. The summed E-state index contributed by atoms with van der Waals surface area (Å²) in [7, 11) is 0. The fourth-order valence-electron chi connectivity index (χ4n) is 0.843. The van der Waals surface area contributed by atoms with E-state index < -0.39 is 0 Å². The van der Waals surface area contributed by atoms with Crippen LogP contribution in [0.15, 0.2) is 18.3 Å². The monoisotopic (exact) mass is 175 g/mol. The Morgan fingerprint density at radius 3 is 2.85 bits per heavy atom. The summed E-state index contributed by atoms with van der Waals surface area (Å²) in [5.41, 5.74) is 1.88. The van der Waals surface area contributed by atoms with Crippen LogP contribution in [0.25, 0.3) is 0 Å². The average Bonchev–Trinajstić information content (AvgIpc) is 2.08. The van der Waals surface area contributed by atoms with Crippen LogP contribution in [0, 0.1) is 18.8 Å². The molecule has 0 saturated heterocycles. The molecule has 0 spiro atoms. The van der Waals surface area contributed by atoms with E-state index in [1.807, 2.05) is 19.1 Å². The van der Waals surface area contributed by atoms with Crippen LogP contribution >= 0.6 is 0 Å². The van der Waals surface area contributed by atoms with Gasteiger partial charge in [0.1, 0.15) is 0 Å². The number of hydrogen-bond donors (Lipinski definition) is 1. The van der Waals surface area contributed by atoms with Gasteiger partial charge in [-0.05, 0) is 26.0 Å². The molecule has 0 radical (unpaired) electrons. The van der Waals surface area contributed by atoms with Gasteiger partial charge in [-0.25, -0.2) is 0 Å². The van der Waals surface area contributed by atoms with Gasteiger partial charge < -0.3 is 5.11 Å². The third-order valence-corrected chi connectivity index (χ3v) is 1.54. The molecule has 2 nitrogen and oxygen atoms in total. The molecule has 0 bridgehead atoms. The lowest BCUT2D eigenvalue weighted by Crippen LogP contribution is -1.95. The van der Waals surface area contributed by atoms with Gasteiger partial charge in [-0.3, -0.25) is 4.98 Å². The Kier molecular flexibility index (Phi) is 3.48. The van der Waals surface area contributed by atoms with E-state index in [0.717, 1.165) is 11.3 Å². The number of pyridine rings is 1. The molecule has 0 aliphatic rings. The summed E-state index contributed by atoms with van der Waals surface area (Å²) in [5, 5.41) is 8.96. The number of nitrogens with zero attached hydrogens (tertiary/aromatic N) is 1. The number of aliphatic hydroxyl groups excluding tert-OH is 1. The summed E-state index contributed by atoms with van der Waals surface area (Å²) >= 11 is 0. The van der Waals surface area contributed by atoms with Gasteiger partial charge in [0.25, 0.3) is 0 Å². The lowest BCUT2D eigenvalue weighted by atomic mass is 10.2. The van der Waals surface area contributed by atoms with Crippen molar-refractivity contribution in [2.45, 2.75) is 26.4 Å². The molecular weight excluding hydrogens is 162 g/mol. The molecule has 0 aromatic carbocycles. The molecule has 1 rings (SSSR count). The van der Waals surface area contributed by atoms with E-state index in [9.17, 15) is 0 Å². The van der Waals surface area contributed by atoms with Gasteiger partial charge in [-0.1, -0.05) is 11.8 Å². The minimum Gasteiger partial charge on any atom is -0.392 e. The van der Waals surface area contributed by atoms with Gasteiger partial charge in [0.2, 0.25) is 0 Å². The third-order valence-electron chi connectivity index (χ3n) is 1.54. The highest BCUT2D eigenvalue weighted by atomic mass is 16.3. The molecule has 1 atom stereocenters. The van der Waals surface area contributed by atoms with Crippen molar-refractivity contribution in [1.29, 1.82) is 0 Å². The molecule has 0 amide bonds. The lowest BCUT2D eigenvalue weighted by molar-refractivity contribution is 0.201. The zero-order chi connectivity index (χ0) is 9.68. The Balaban J connectivity index is 2.62. The number of aromatic nitrogens is 1. The van der Waals surface area contributed by atoms with Crippen LogP contribution in [0.1, 0.15) is 24.6 Å². The second-order valence-electron chi connectivity index (χ2n) is 3.04. The van der Waals surface area contributed by atoms with Crippen molar-refractivity contribution in [3.8, 4) is 11.8 Å². The minimum absolute atomic E-state index is 0.356. The lowest BCUT2D eigenvalue weighted by Gasteiger charge is -1.93. The van der Waals surface area contributed by atoms with Crippen molar-refractivity contribution in [1.82, 2.24) is 4.98 Å². The Morgan fingerprint density at radius 2 is 2.31 bits per heavy atom. The first-order chi connectivity index (χ1) is 6.18. The summed E-state index contributed by atoms with van der Waals surface area (Å²) in [6.45, 7) is 3.66. The highest BCUT2D eigenvalue weighted by Gasteiger charge is 1.89. The molecule has 1 aromatic rings. The van der Waals surface area contributed by atoms with Crippen LogP contribution in [0.4, 0.5) is 0 Å². The second-order valence-corrected chi connectivity index (χ2v) is 3.04. The standard InChI is InChI=1S/C11H13NO/c1-9-6-7-11(8-12-9)5-3-4-10(2)13/h6-8,10,13H,4H2,1-2H3. The largest absolute Gasteiger partial charge is 0.392 e. The van der Waals surface area contributed by atoms with Crippen LogP contribution in [-0.2, 0) is 0 Å². The molecule has 2 heteroatoms. The summed E-state index contributed by atoms with van der Waals surface area (Å²) in [6.07, 6.45) is 1.89. The zero-order valence-corrected chi connectivity index (χ0v) is 7.91. The van der Waals surface area contributed by atoms with Crippen LogP contribution < -0.4 is 0 Å². The topological polar surface area (TPSA) is 33.1 Å². The SMILES string of the molecule is Cc1ccc(C#CCC(C)O)cn1. The summed E-state index contributed by atoms with van der Waals surface area (Å²) in [4.78, 5) is 4.11. The molecular formula is C11H13NO. The van der Waals surface area contributed by atoms with E-state index in [4.69, 9.17) is 5.11 Å². The van der Waals surface area contributed by atoms with E-state index in [-0.39, 0.29) is 6.10 Å². The van der Waals surface area contributed by atoms with Crippen LogP contribution in [-0.4, -0.2) is 16.2 Å². The Hall–Kier alpha value is -1.33. The fourth-order valence-corrected chi connectivity index (χ4v) is 0.843. The molecule has 1 N–H and O–H groups in total. The van der Waals surface area contributed by atoms with Gasteiger partial charge in [-0.15, -0.1) is 0 Å². The van der Waals surface area contributed by atoms with E-state index in [2.05, 4.69) is 16.8 Å². The predicted molar refractivity (Wildman–Crippen MR) is 52.1 cm³/mol. The van der Waals surface area contributed by atoms with Crippen molar-refractivity contribution in [3.05, 3.63) is 29.6 Å². The summed E-state index contributed by atoms with van der Waals surface area (Å²) < 4.78 is 0. The summed E-state index contributed by atoms with van der Waals surface area (Å²) in [6, 6.07) is 3.85. The van der Waals surface area contributed by atoms with Crippen molar-refractivity contribution in [2.75, 3.05) is 0 Å². The number of hydrogen-bond acceptors (Lipinski definition) is 2. The van der Waals surface area contributed by atoms with Crippen molar-refractivity contribution < 1.29 is 5.11 Å². The van der Waals surface area contributed by atoms with Crippen molar-refractivity contribution in [2.24, 2.45) is 0 Å².